The number of aryl methyl sites for hydroxylation is 1. The molecule has 100 valence electrons. The largest absolute Gasteiger partial charge is 0.496 e. The van der Waals surface area contributed by atoms with E-state index in [2.05, 4.69) is 9.97 Å². The second kappa shape index (κ2) is 4.81. The molecular weight excluding hydrogens is 252 g/mol. The minimum atomic E-state index is -0.0108. The van der Waals surface area contributed by atoms with Gasteiger partial charge >= 0.3 is 0 Å². The van der Waals surface area contributed by atoms with Crippen molar-refractivity contribution in [3.8, 4) is 17.0 Å². The Balaban J connectivity index is 2.33. The number of hydrogen-bond acceptors (Lipinski definition) is 3. The van der Waals surface area contributed by atoms with Crippen LogP contribution in [0.25, 0.3) is 22.2 Å². The van der Waals surface area contributed by atoms with Gasteiger partial charge in [0.05, 0.1) is 18.3 Å². The van der Waals surface area contributed by atoms with Crippen LogP contribution in [0.3, 0.4) is 0 Å². The van der Waals surface area contributed by atoms with E-state index in [0.29, 0.717) is 5.39 Å². The van der Waals surface area contributed by atoms with Crippen LogP contribution in [0.4, 0.5) is 0 Å². The van der Waals surface area contributed by atoms with E-state index in [4.69, 9.17) is 4.74 Å². The number of rotatable bonds is 2. The fourth-order valence-corrected chi connectivity index (χ4v) is 2.34. The van der Waals surface area contributed by atoms with Crippen LogP contribution in [-0.4, -0.2) is 17.1 Å². The molecule has 1 N–H and O–H groups in total. The molecule has 2 aromatic heterocycles. The summed E-state index contributed by atoms with van der Waals surface area (Å²) in [4.78, 5) is 19.6. The Bertz CT molecular complexity index is 823. The van der Waals surface area contributed by atoms with Crippen LogP contribution in [0.2, 0.25) is 0 Å². The van der Waals surface area contributed by atoms with Crippen LogP contribution in [0.15, 0.2) is 47.5 Å². The predicted octanol–water partition coefficient (Wildman–Crippen LogP) is 2.91. The van der Waals surface area contributed by atoms with E-state index in [9.17, 15) is 4.79 Å². The lowest BCUT2D eigenvalue weighted by Gasteiger charge is -2.10. The average molecular weight is 266 g/mol. The summed E-state index contributed by atoms with van der Waals surface area (Å²) in [7, 11) is 1.62. The minimum Gasteiger partial charge on any atom is -0.496 e. The highest BCUT2D eigenvalue weighted by Gasteiger charge is 2.09. The van der Waals surface area contributed by atoms with Crippen molar-refractivity contribution in [2.24, 2.45) is 0 Å². The highest BCUT2D eigenvalue weighted by Crippen LogP contribution is 2.26. The first kappa shape index (κ1) is 12.4. The van der Waals surface area contributed by atoms with Crippen LogP contribution in [0.5, 0.6) is 5.75 Å². The van der Waals surface area contributed by atoms with Gasteiger partial charge in [-0.1, -0.05) is 0 Å². The predicted molar refractivity (Wildman–Crippen MR) is 79.1 cm³/mol. The van der Waals surface area contributed by atoms with Gasteiger partial charge in [-0.15, -0.1) is 0 Å². The Morgan fingerprint density at radius 3 is 2.80 bits per heavy atom. The number of benzene rings is 1. The zero-order valence-corrected chi connectivity index (χ0v) is 11.3. The SMILES string of the molecule is COc1ccc2c(=O)cc(-c3cccnc3)[nH]c2c1C. The van der Waals surface area contributed by atoms with E-state index in [1.165, 1.54) is 0 Å². The van der Waals surface area contributed by atoms with Gasteiger partial charge in [0.25, 0.3) is 0 Å². The molecule has 4 nitrogen and oxygen atoms in total. The van der Waals surface area contributed by atoms with Gasteiger partial charge in [0.15, 0.2) is 5.43 Å². The van der Waals surface area contributed by atoms with Crippen molar-refractivity contribution in [3.05, 3.63) is 58.5 Å². The van der Waals surface area contributed by atoms with Crippen molar-refractivity contribution in [2.75, 3.05) is 7.11 Å². The third-order valence-electron chi connectivity index (χ3n) is 3.41. The number of methoxy groups -OCH3 is 1. The van der Waals surface area contributed by atoms with Crippen molar-refractivity contribution in [3.63, 3.8) is 0 Å². The number of ether oxygens (including phenoxy) is 1. The van der Waals surface area contributed by atoms with Crippen molar-refractivity contribution in [1.29, 1.82) is 0 Å². The molecular formula is C16H14N2O2. The molecule has 0 saturated carbocycles. The van der Waals surface area contributed by atoms with Crippen molar-refractivity contribution >= 4 is 10.9 Å². The Labute approximate surface area is 116 Å². The second-order valence-corrected chi connectivity index (χ2v) is 4.60. The molecule has 0 radical (unpaired) electrons. The van der Waals surface area contributed by atoms with E-state index in [0.717, 1.165) is 28.1 Å². The van der Waals surface area contributed by atoms with E-state index in [-0.39, 0.29) is 5.43 Å². The molecule has 2 heterocycles. The third-order valence-corrected chi connectivity index (χ3v) is 3.41. The van der Waals surface area contributed by atoms with Crippen LogP contribution in [0, 0.1) is 6.92 Å². The topological polar surface area (TPSA) is 55.0 Å². The minimum absolute atomic E-state index is 0.0108. The van der Waals surface area contributed by atoms with Gasteiger partial charge in [-0.25, -0.2) is 0 Å². The number of nitrogens with zero attached hydrogens (tertiary/aromatic N) is 1. The third kappa shape index (κ3) is 1.95. The van der Waals surface area contributed by atoms with Gasteiger partial charge < -0.3 is 9.72 Å². The number of nitrogens with one attached hydrogen (secondary N) is 1. The maximum atomic E-state index is 12.2. The maximum absolute atomic E-state index is 12.2. The zero-order chi connectivity index (χ0) is 14.1. The molecule has 4 heteroatoms. The molecule has 0 unspecified atom stereocenters. The van der Waals surface area contributed by atoms with Gasteiger partial charge in [0.1, 0.15) is 5.75 Å². The Morgan fingerprint density at radius 2 is 2.10 bits per heavy atom. The molecule has 0 bridgehead atoms. The van der Waals surface area contributed by atoms with Crippen LogP contribution in [-0.2, 0) is 0 Å². The van der Waals surface area contributed by atoms with Crippen LogP contribution < -0.4 is 10.2 Å². The lowest BCUT2D eigenvalue weighted by atomic mass is 10.1. The maximum Gasteiger partial charge on any atom is 0.190 e. The number of hydrogen-bond donors (Lipinski definition) is 1. The Hall–Kier alpha value is -2.62. The van der Waals surface area contributed by atoms with Gasteiger partial charge in [0.2, 0.25) is 0 Å². The summed E-state index contributed by atoms with van der Waals surface area (Å²) in [5, 5.41) is 0.663. The number of pyridine rings is 2. The van der Waals surface area contributed by atoms with Crippen molar-refractivity contribution in [1.82, 2.24) is 9.97 Å². The van der Waals surface area contributed by atoms with E-state index in [1.807, 2.05) is 25.1 Å². The summed E-state index contributed by atoms with van der Waals surface area (Å²) in [6, 6.07) is 8.96. The first-order chi connectivity index (χ1) is 9.70. The van der Waals surface area contributed by atoms with Gasteiger partial charge in [-0.2, -0.15) is 0 Å². The first-order valence-electron chi connectivity index (χ1n) is 6.31. The fourth-order valence-electron chi connectivity index (χ4n) is 2.34. The summed E-state index contributed by atoms with van der Waals surface area (Å²) in [6.07, 6.45) is 3.43. The Morgan fingerprint density at radius 1 is 1.25 bits per heavy atom. The fraction of sp³-hybridized carbons (Fsp3) is 0.125. The molecule has 0 amide bonds. The highest BCUT2D eigenvalue weighted by molar-refractivity contribution is 5.85. The lowest BCUT2D eigenvalue weighted by Crippen LogP contribution is -2.04. The molecule has 0 aliphatic heterocycles. The second-order valence-electron chi connectivity index (χ2n) is 4.60. The normalized spacial score (nSPS) is 10.7. The first-order valence-corrected chi connectivity index (χ1v) is 6.31. The summed E-state index contributed by atoms with van der Waals surface area (Å²) in [5.41, 5.74) is 3.35. The molecule has 0 fully saturated rings. The summed E-state index contributed by atoms with van der Waals surface area (Å²) in [6.45, 7) is 1.93. The molecule has 0 aliphatic rings. The van der Waals surface area contributed by atoms with Crippen molar-refractivity contribution in [2.45, 2.75) is 6.92 Å². The molecule has 0 atom stereocenters. The van der Waals surface area contributed by atoms with E-state index in [1.54, 1.807) is 31.6 Å². The quantitative estimate of drug-likeness (QED) is 0.776. The van der Waals surface area contributed by atoms with E-state index >= 15 is 0 Å². The van der Waals surface area contributed by atoms with Gasteiger partial charge in [-0.3, -0.25) is 9.78 Å². The molecule has 3 rings (SSSR count). The van der Waals surface area contributed by atoms with Gasteiger partial charge in [0, 0.05) is 35.0 Å². The summed E-state index contributed by atoms with van der Waals surface area (Å²) < 4.78 is 5.30. The molecule has 0 saturated heterocycles. The smallest absolute Gasteiger partial charge is 0.190 e. The summed E-state index contributed by atoms with van der Waals surface area (Å²) in [5.74, 6) is 0.761. The summed E-state index contributed by atoms with van der Waals surface area (Å²) >= 11 is 0. The molecule has 1 aromatic carbocycles. The standard InChI is InChI=1S/C16H14N2O2/c1-10-15(20-2)6-5-12-14(19)8-13(18-16(10)12)11-4-3-7-17-9-11/h3-9H,1-2H3,(H,18,19). The highest BCUT2D eigenvalue weighted by atomic mass is 16.5. The molecule has 0 aliphatic carbocycles. The Kier molecular flexibility index (Phi) is 2.99. The molecule has 3 aromatic rings. The number of fused-ring (bicyclic) bond motifs is 1. The van der Waals surface area contributed by atoms with Crippen molar-refractivity contribution < 1.29 is 4.74 Å². The lowest BCUT2D eigenvalue weighted by molar-refractivity contribution is 0.412. The van der Waals surface area contributed by atoms with Crippen LogP contribution >= 0.6 is 0 Å². The zero-order valence-electron chi connectivity index (χ0n) is 11.3. The number of aromatic amines is 1. The van der Waals surface area contributed by atoms with Crippen LogP contribution in [0.1, 0.15) is 5.56 Å². The van der Waals surface area contributed by atoms with Gasteiger partial charge in [-0.05, 0) is 31.2 Å². The average Bonchev–Trinajstić information content (AvgIpc) is 2.49. The number of aromatic nitrogens is 2. The number of H-pyrrole nitrogens is 1. The molecule has 20 heavy (non-hydrogen) atoms. The molecule has 0 spiro atoms. The van der Waals surface area contributed by atoms with E-state index < -0.39 is 0 Å². The monoisotopic (exact) mass is 266 g/mol.